The number of nitrogens with zero attached hydrogens (tertiary/aromatic N) is 1. The molecule has 2 heterocycles. The Labute approximate surface area is 146 Å². The molecule has 24 heavy (non-hydrogen) atoms. The van der Waals surface area contributed by atoms with E-state index in [1.807, 2.05) is 47.8 Å². The number of thiophene rings is 1. The number of hydrogen-bond acceptors (Lipinski definition) is 4. The molecule has 1 amide bonds. The molecule has 2 N–H and O–H groups in total. The van der Waals surface area contributed by atoms with Crippen molar-refractivity contribution >= 4 is 17.2 Å². The van der Waals surface area contributed by atoms with Gasteiger partial charge in [0.05, 0.1) is 19.1 Å². The van der Waals surface area contributed by atoms with Gasteiger partial charge in [-0.05, 0) is 29.9 Å². The van der Waals surface area contributed by atoms with Gasteiger partial charge in [0.15, 0.2) is 0 Å². The van der Waals surface area contributed by atoms with Crippen LogP contribution in [0.5, 0.6) is 0 Å². The monoisotopic (exact) mass is 345 g/mol. The predicted octanol–water partition coefficient (Wildman–Crippen LogP) is 2.11. The molecule has 2 atom stereocenters. The van der Waals surface area contributed by atoms with Gasteiger partial charge in [-0.15, -0.1) is 11.3 Å². The number of benzene rings is 1. The van der Waals surface area contributed by atoms with E-state index in [-0.39, 0.29) is 12.5 Å². The summed E-state index contributed by atoms with van der Waals surface area (Å²) in [5.74, 6) is 0.0650. The van der Waals surface area contributed by atoms with Gasteiger partial charge in [0.25, 0.3) is 0 Å². The minimum absolute atomic E-state index is 0.0650. The third kappa shape index (κ3) is 3.69. The first-order valence-corrected chi connectivity index (χ1v) is 9.14. The Bertz CT molecular complexity index is 659. The van der Waals surface area contributed by atoms with Crippen LogP contribution in [0.2, 0.25) is 0 Å². The standard InChI is InChI=1S/C19H23NO3S/c21-14-19(12-15-5-2-1-3-6-15)13-20(9-8-17(19)22)18(23)11-16-7-4-10-24-16/h1-7,10,17,21-22H,8-9,11-14H2/t17-,19+/m0/s1. The van der Waals surface area contributed by atoms with Crippen molar-refractivity contribution in [1.82, 2.24) is 4.90 Å². The number of rotatable bonds is 5. The largest absolute Gasteiger partial charge is 0.396 e. The van der Waals surface area contributed by atoms with Crippen LogP contribution in [0.15, 0.2) is 47.8 Å². The molecular formula is C19H23NO3S. The van der Waals surface area contributed by atoms with Crippen LogP contribution in [0.1, 0.15) is 16.9 Å². The van der Waals surface area contributed by atoms with Crippen LogP contribution >= 0.6 is 11.3 Å². The van der Waals surface area contributed by atoms with E-state index < -0.39 is 11.5 Å². The molecule has 1 fully saturated rings. The maximum Gasteiger partial charge on any atom is 0.227 e. The van der Waals surface area contributed by atoms with Crippen molar-refractivity contribution in [1.29, 1.82) is 0 Å². The minimum Gasteiger partial charge on any atom is -0.396 e. The third-order valence-corrected chi connectivity index (χ3v) is 5.73. The Morgan fingerprint density at radius 3 is 2.71 bits per heavy atom. The molecule has 1 saturated heterocycles. The van der Waals surface area contributed by atoms with Gasteiger partial charge in [-0.2, -0.15) is 0 Å². The van der Waals surface area contributed by atoms with E-state index in [2.05, 4.69) is 0 Å². The van der Waals surface area contributed by atoms with Gasteiger partial charge >= 0.3 is 0 Å². The van der Waals surface area contributed by atoms with Crippen molar-refractivity contribution < 1.29 is 15.0 Å². The Balaban J connectivity index is 1.74. The van der Waals surface area contributed by atoms with Crippen molar-refractivity contribution in [2.75, 3.05) is 19.7 Å². The second-order valence-electron chi connectivity index (χ2n) is 6.56. The fourth-order valence-corrected chi connectivity index (χ4v) is 4.12. The molecule has 0 saturated carbocycles. The van der Waals surface area contributed by atoms with E-state index in [0.717, 1.165) is 10.4 Å². The number of likely N-dealkylation sites (tertiary alicyclic amines) is 1. The lowest BCUT2D eigenvalue weighted by molar-refractivity contribution is -0.141. The highest BCUT2D eigenvalue weighted by Crippen LogP contribution is 2.34. The van der Waals surface area contributed by atoms with Gasteiger partial charge in [0, 0.05) is 23.4 Å². The molecule has 1 aromatic heterocycles. The summed E-state index contributed by atoms with van der Waals surface area (Å²) in [6, 6.07) is 13.8. The van der Waals surface area contributed by atoms with Crippen molar-refractivity contribution in [3.8, 4) is 0 Å². The van der Waals surface area contributed by atoms with Gasteiger partial charge in [0.1, 0.15) is 0 Å². The minimum atomic E-state index is -0.690. The number of carbonyl (C=O) groups is 1. The number of amides is 1. The normalized spacial score (nSPS) is 24.1. The summed E-state index contributed by atoms with van der Waals surface area (Å²) in [6.07, 6.45) is 0.854. The summed E-state index contributed by atoms with van der Waals surface area (Å²) in [5, 5.41) is 22.5. The average Bonchev–Trinajstić information content (AvgIpc) is 3.11. The molecule has 0 bridgehead atoms. The highest BCUT2D eigenvalue weighted by Gasteiger charge is 2.43. The highest BCUT2D eigenvalue weighted by atomic mass is 32.1. The van der Waals surface area contributed by atoms with E-state index >= 15 is 0 Å². The molecule has 3 rings (SSSR count). The lowest BCUT2D eigenvalue weighted by atomic mass is 9.73. The van der Waals surface area contributed by atoms with Crippen LogP contribution in [0.3, 0.4) is 0 Å². The molecule has 0 unspecified atom stereocenters. The average molecular weight is 345 g/mol. The van der Waals surface area contributed by atoms with Gasteiger partial charge in [0.2, 0.25) is 5.91 Å². The van der Waals surface area contributed by atoms with Crippen LogP contribution in [-0.4, -0.2) is 46.8 Å². The molecule has 2 aromatic rings. The molecule has 0 spiro atoms. The van der Waals surface area contributed by atoms with Crippen LogP contribution in [0.25, 0.3) is 0 Å². The molecule has 1 aliphatic heterocycles. The molecule has 5 heteroatoms. The van der Waals surface area contributed by atoms with E-state index in [1.54, 1.807) is 16.2 Å². The second kappa shape index (κ2) is 7.47. The van der Waals surface area contributed by atoms with Gasteiger partial charge in [-0.25, -0.2) is 0 Å². The molecular weight excluding hydrogens is 322 g/mol. The summed E-state index contributed by atoms with van der Waals surface area (Å²) in [7, 11) is 0. The van der Waals surface area contributed by atoms with E-state index in [4.69, 9.17) is 0 Å². The van der Waals surface area contributed by atoms with Crippen LogP contribution in [0, 0.1) is 5.41 Å². The first-order valence-electron chi connectivity index (χ1n) is 8.26. The van der Waals surface area contributed by atoms with Gasteiger partial charge in [-0.1, -0.05) is 36.4 Å². The summed E-state index contributed by atoms with van der Waals surface area (Å²) in [4.78, 5) is 15.4. The Morgan fingerprint density at radius 1 is 1.25 bits per heavy atom. The lowest BCUT2D eigenvalue weighted by Crippen LogP contribution is -2.56. The molecule has 1 aromatic carbocycles. The summed E-state index contributed by atoms with van der Waals surface area (Å²) in [5.41, 5.74) is 0.378. The Morgan fingerprint density at radius 2 is 2.04 bits per heavy atom. The van der Waals surface area contributed by atoms with Crippen molar-refractivity contribution in [2.45, 2.75) is 25.4 Å². The fraction of sp³-hybridized carbons (Fsp3) is 0.421. The molecule has 1 aliphatic rings. The first-order chi connectivity index (χ1) is 11.6. The third-order valence-electron chi connectivity index (χ3n) is 4.86. The highest BCUT2D eigenvalue weighted by molar-refractivity contribution is 7.10. The van der Waals surface area contributed by atoms with E-state index in [9.17, 15) is 15.0 Å². The van der Waals surface area contributed by atoms with Crippen LogP contribution in [0.4, 0.5) is 0 Å². The maximum atomic E-state index is 12.6. The summed E-state index contributed by atoms with van der Waals surface area (Å²) in [6.45, 7) is 0.803. The molecule has 4 nitrogen and oxygen atoms in total. The summed E-state index contributed by atoms with van der Waals surface area (Å²) >= 11 is 1.58. The smallest absolute Gasteiger partial charge is 0.227 e. The molecule has 0 aliphatic carbocycles. The van der Waals surface area contributed by atoms with E-state index in [0.29, 0.717) is 32.4 Å². The fourth-order valence-electron chi connectivity index (χ4n) is 3.42. The van der Waals surface area contributed by atoms with Crippen molar-refractivity contribution in [3.63, 3.8) is 0 Å². The first kappa shape index (κ1) is 17.1. The van der Waals surface area contributed by atoms with Gasteiger partial charge < -0.3 is 15.1 Å². The van der Waals surface area contributed by atoms with Crippen LogP contribution < -0.4 is 0 Å². The second-order valence-corrected chi connectivity index (χ2v) is 7.59. The van der Waals surface area contributed by atoms with Crippen molar-refractivity contribution in [3.05, 3.63) is 58.3 Å². The van der Waals surface area contributed by atoms with Crippen molar-refractivity contribution in [2.24, 2.45) is 5.41 Å². The topological polar surface area (TPSA) is 60.8 Å². The Hall–Kier alpha value is -1.69. The molecule has 0 radical (unpaired) electrons. The lowest BCUT2D eigenvalue weighted by Gasteiger charge is -2.45. The Kier molecular flexibility index (Phi) is 5.33. The predicted molar refractivity (Wildman–Crippen MR) is 94.9 cm³/mol. The number of aliphatic hydroxyl groups is 2. The SMILES string of the molecule is O=C(Cc1cccs1)N1CC[C@H](O)[C@](CO)(Cc2ccccc2)C1. The van der Waals surface area contributed by atoms with Crippen LogP contribution in [-0.2, 0) is 17.6 Å². The molecule has 128 valence electrons. The number of piperidine rings is 1. The zero-order chi connectivity index (χ0) is 17.0. The zero-order valence-electron chi connectivity index (χ0n) is 13.6. The zero-order valence-corrected chi connectivity index (χ0v) is 14.4. The van der Waals surface area contributed by atoms with Gasteiger partial charge in [-0.3, -0.25) is 4.79 Å². The quantitative estimate of drug-likeness (QED) is 0.872. The number of aliphatic hydroxyl groups excluding tert-OH is 2. The maximum absolute atomic E-state index is 12.6. The summed E-state index contributed by atoms with van der Waals surface area (Å²) < 4.78 is 0. The number of carbonyl (C=O) groups excluding carboxylic acids is 1. The number of hydrogen-bond donors (Lipinski definition) is 2. The van der Waals surface area contributed by atoms with E-state index in [1.165, 1.54) is 0 Å².